The van der Waals surface area contributed by atoms with E-state index in [1.165, 1.54) is 7.11 Å². The molecular formula is C17H17N3O3S. The van der Waals surface area contributed by atoms with E-state index in [0.717, 1.165) is 27.5 Å². The van der Waals surface area contributed by atoms with E-state index < -0.39 is 4.92 Å². The number of ether oxygens (including phenoxy) is 1. The van der Waals surface area contributed by atoms with Gasteiger partial charge in [-0.1, -0.05) is 36.9 Å². The molecule has 0 radical (unpaired) electrons. The number of aromatic nitrogens is 2. The van der Waals surface area contributed by atoms with Crippen LogP contribution < -0.4 is 4.74 Å². The molecule has 0 saturated carbocycles. The number of nitro benzene ring substituents is 1. The Labute approximate surface area is 143 Å². The van der Waals surface area contributed by atoms with Gasteiger partial charge in [0.15, 0.2) is 10.9 Å². The summed E-state index contributed by atoms with van der Waals surface area (Å²) in [6, 6.07) is 13.0. The standard InChI is InChI=1S/C17H17N3O3S/c1-3-24-17-18-13-6-4-5-7-14(13)19(17)11-12-8-9-16(23-2)15(10-12)20(21)22/h4-10H,3,11H2,1-2H3. The fourth-order valence-corrected chi connectivity index (χ4v) is 3.34. The molecule has 1 aromatic heterocycles. The predicted octanol–water partition coefficient (Wildman–Crippen LogP) is 4.11. The van der Waals surface area contributed by atoms with Gasteiger partial charge in [-0.3, -0.25) is 10.1 Å². The number of imidazole rings is 1. The highest BCUT2D eigenvalue weighted by atomic mass is 32.2. The van der Waals surface area contributed by atoms with Crippen LogP contribution >= 0.6 is 11.8 Å². The van der Waals surface area contributed by atoms with Crippen molar-refractivity contribution < 1.29 is 9.66 Å². The van der Waals surface area contributed by atoms with Crippen molar-refractivity contribution in [3.63, 3.8) is 0 Å². The maximum Gasteiger partial charge on any atom is 0.311 e. The Balaban J connectivity index is 2.05. The van der Waals surface area contributed by atoms with Crippen LogP contribution in [0.4, 0.5) is 5.69 Å². The first kappa shape index (κ1) is 16.3. The van der Waals surface area contributed by atoms with Gasteiger partial charge >= 0.3 is 5.69 Å². The van der Waals surface area contributed by atoms with Crippen molar-refractivity contribution in [2.75, 3.05) is 12.9 Å². The molecule has 0 atom stereocenters. The molecule has 0 fully saturated rings. The quantitative estimate of drug-likeness (QED) is 0.383. The Kier molecular flexibility index (Phi) is 4.71. The molecule has 0 N–H and O–H groups in total. The molecule has 0 unspecified atom stereocenters. The lowest BCUT2D eigenvalue weighted by Gasteiger charge is -2.09. The van der Waals surface area contributed by atoms with Crippen LogP contribution in [-0.2, 0) is 6.54 Å². The van der Waals surface area contributed by atoms with E-state index >= 15 is 0 Å². The van der Waals surface area contributed by atoms with Crippen LogP contribution in [0.2, 0.25) is 0 Å². The average molecular weight is 343 g/mol. The number of fused-ring (bicyclic) bond motifs is 1. The second-order valence-electron chi connectivity index (χ2n) is 5.17. The second kappa shape index (κ2) is 6.92. The predicted molar refractivity (Wildman–Crippen MR) is 94.9 cm³/mol. The van der Waals surface area contributed by atoms with E-state index in [0.29, 0.717) is 6.54 Å². The summed E-state index contributed by atoms with van der Waals surface area (Å²) in [6.45, 7) is 2.60. The third kappa shape index (κ3) is 3.07. The monoisotopic (exact) mass is 343 g/mol. The van der Waals surface area contributed by atoms with E-state index in [1.807, 2.05) is 30.3 Å². The topological polar surface area (TPSA) is 70.2 Å². The first-order valence-corrected chi connectivity index (χ1v) is 8.52. The number of rotatable bonds is 6. The molecular weight excluding hydrogens is 326 g/mol. The van der Waals surface area contributed by atoms with Crippen molar-refractivity contribution in [1.29, 1.82) is 0 Å². The Morgan fingerprint density at radius 1 is 1.29 bits per heavy atom. The van der Waals surface area contributed by atoms with Crippen molar-refractivity contribution in [2.24, 2.45) is 0 Å². The highest BCUT2D eigenvalue weighted by molar-refractivity contribution is 7.99. The summed E-state index contributed by atoms with van der Waals surface area (Å²) >= 11 is 1.66. The van der Waals surface area contributed by atoms with Crippen LogP contribution in [0.15, 0.2) is 47.6 Å². The molecule has 3 aromatic rings. The van der Waals surface area contributed by atoms with Crippen LogP contribution in [0.3, 0.4) is 0 Å². The zero-order valence-corrected chi connectivity index (χ0v) is 14.2. The van der Waals surface area contributed by atoms with Crippen molar-refractivity contribution in [1.82, 2.24) is 9.55 Å². The minimum atomic E-state index is -0.421. The lowest BCUT2D eigenvalue weighted by Crippen LogP contribution is -2.03. The molecule has 0 saturated heterocycles. The van der Waals surface area contributed by atoms with Crippen molar-refractivity contribution in [2.45, 2.75) is 18.6 Å². The summed E-state index contributed by atoms with van der Waals surface area (Å²) in [5.41, 5.74) is 2.76. The molecule has 24 heavy (non-hydrogen) atoms. The molecule has 2 aromatic carbocycles. The molecule has 124 valence electrons. The van der Waals surface area contributed by atoms with E-state index in [2.05, 4.69) is 16.5 Å². The summed E-state index contributed by atoms with van der Waals surface area (Å²) in [4.78, 5) is 15.5. The number of nitro groups is 1. The van der Waals surface area contributed by atoms with Gasteiger partial charge in [-0.05, 0) is 29.5 Å². The summed E-state index contributed by atoms with van der Waals surface area (Å²) in [6.07, 6.45) is 0. The van der Waals surface area contributed by atoms with Gasteiger partial charge in [0.25, 0.3) is 0 Å². The van der Waals surface area contributed by atoms with E-state index in [4.69, 9.17) is 4.74 Å². The second-order valence-corrected chi connectivity index (χ2v) is 6.40. The van der Waals surface area contributed by atoms with Gasteiger partial charge in [0, 0.05) is 6.07 Å². The van der Waals surface area contributed by atoms with Crippen LogP contribution in [0, 0.1) is 10.1 Å². The molecule has 0 bridgehead atoms. The summed E-state index contributed by atoms with van der Waals surface area (Å²) in [5.74, 6) is 1.17. The molecule has 0 aliphatic heterocycles. The highest BCUT2D eigenvalue weighted by Crippen LogP contribution is 2.30. The fraction of sp³-hybridized carbons (Fsp3) is 0.235. The van der Waals surface area contributed by atoms with Gasteiger partial charge < -0.3 is 9.30 Å². The van der Waals surface area contributed by atoms with Gasteiger partial charge in [-0.15, -0.1) is 0 Å². The molecule has 0 spiro atoms. The minimum Gasteiger partial charge on any atom is -0.490 e. The highest BCUT2D eigenvalue weighted by Gasteiger charge is 2.17. The smallest absolute Gasteiger partial charge is 0.311 e. The van der Waals surface area contributed by atoms with Crippen LogP contribution in [-0.4, -0.2) is 27.3 Å². The Morgan fingerprint density at radius 2 is 2.08 bits per heavy atom. The maximum absolute atomic E-state index is 11.2. The lowest BCUT2D eigenvalue weighted by molar-refractivity contribution is -0.385. The first-order chi connectivity index (χ1) is 11.6. The number of para-hydroxylation sites is 2. The van der Waals surface area contributed by atoms with E-state index in [1.54, 1.807) is 23.9 Å². The fourth-order valence-electron chi connectivity index (χ4n) is 2.60. The van der Waals surface area contributed by atoms with Crippen LogP contribution in [0.5, 0.6) is 5.75 Å². The van der Waals surface area contributed by atoms with Crippen molar-refractivity contribution in [3.8, 4) is 5.75 Å². The minimum absolute atomic E-state index is 0.0240. The van der Waals surface area contributed by atoms with Gasteiger partial charge in [-0.25, -0.2) is 4.98 Å². The third-order valence-electron chi connectivity index (χ3n) is 3.67. The molecule has 3 rings (SSSR count). The van der Waals surface area contributed by atoms with Crippen molar-refractivity contribution in [3.05, 3.63) is 58.1 Å². The van der Waals surface area contributed by atoms with Gasteiger partial charge in [0.05, 0.1) is 29.6 Å². The van der Waals surface area contributed by atoms with Gasteiger partial charge in [-0.2, -0.15) is 0 Å². The maximum atomic E-state index is 11.2. The number of benzene rings is 2. The van der Waals surface area contributed by atoms with Crippen LogP contribution in [0.1, 0.15) is 12.5 Å². The first-order valence-electron chi connectivity index (χ1n) is 7.53. The Bertz CT molecular complexity index is 892. The largest absolute Gasteiger partial charge is 0.490 e. The van der Waals surface area contributed by atoms with Gasteiger partial charge in [0.1, 0.15) is 0 Å². The third-order valence-corrected chi connectivity index (χ3v) is 4.53. The SMILES string of the molecule is CCSc1nc2ccccc2n1Cc1ccc(OC)c([N+](=O)[O-])c1. The Morgan fingerprint density at radius 3 is 2.79 bits per heavy atom. The normalized spacial score (nSPS) is 10.9. The number of hydrogen-bond acceptors (Lipinski definition) is 5. The lowest BCUT2D eigenvalue weighted by atomic mass is 10.2. The number of methoxy groups -OCH3 is 1. The molecule has 6 nitrogen and oxygen atoms in total. The molecule has 0 aliphatic carbocycles. The zero-order chi connectivity index (χ0) is 17.1. The summed E-state index contributed by atoms with van der Waals surface area (Å²) < 4.78 is 7.16. The summed E-state index contributed by atoms with van der Waals surface area (Å²) in [5, 5.41) is 12.1. The number of thioether (sulfide) groups is 1. The van der Waals surface area contributed by atoms with E-state index in [9.17, 15) is 10.1 Å². The van der Waals surface area contributed by atoms with Crippen molar-refractivity contribution >= 4 is 28.5 Å². The van der Waals surface area contributed by atoms with Crippen LogP contribution in [0.25, 0.3) is 11.0 Å². The molecule has 7 heteroatoms. The Hall–Kier alpha value is -2.54. The zero-order valence-electron chi connectivity index (χ0n) is 13.4. The number of nitrogens with zero attached hydrogens (tertiary/aromatic N) is 3. The summed E-state index contributed by atoms with van der Waals surface area (Å²) in [7, 11) is 1.43. The average Bonchev–Trinajstić information content (AvgIpc) is 2.93. The van der Waals surface area contributed by atoms with Gasteiger partial charge in [0.2, 0.25) is 0 Å². The molecule has 1 heterocycles. The molecule has 0 aliphatic rings. The van der Waals surface area contributed by atoms with E-state index in [-0.39, 0.29) is 11.4 Å². The molecule has 0 amide bonds. The number of hydrogen-bond donors (Lipinski definition) is 0.